The largest absolute Gasteiger partial charge is 0.341 e. The van der Waals surface area contributed by atoms with Crippen molar-refractivity contribution in [3.63, 3.8) is 0 Å². The smallest absolute Gasteiger partial charge is 0.251 e. The van der Waals surface area contributed by atoms with Crippen molar-refractivity contribution in [2.24, 2.45) is 5.92 Å². The quantitative estimate of drug-likeness (QED) is 0.262. The van der Waals surface area contributed by atoms with Gasteiger partial charge in [0.25, 0.3) is 5.91 Å². The summed E-state index contributed by atoms with van der Waals surface area (Å²) in [6.07, 6.45) is 9.28. The van der Waals surface area contributed by atoms with Crippen molar-refractivity contribution in [2.45, 2.75) is 83.6 Å². The van der Waals surface area contributed by atoms with Crippen molar-refractivity contribution in [3.05, 3.63) is 89.0 Å². The SMILES string of the molecule is Cc1ccc(C)n1-c1ccc(C(=O)N[C@@H](CCCCC[C@@H]2C[C@H]2c2ccc(F)cc2)C(=O)N2CCCCC2)cc1. The van der Waals surface area contributed by atoms with Crippen molar-refractivity contribution < 1.29 is 14.0 Å². The van der Waals surface area contributed by atoms with E-state index in [0.717, 1.165) is 75.1 Å². The summed E-state index contributed by atoms with van der Waals surface area (Å²) in [4.78, 5) is 28.6. The lowest BCUT2D eigenvalue weighted by Gasteiger charge is -2.31. The highest BCUT2D eigenvalue weighted by atomic mass is 19.1. The first-order chi connectivity index (χ1) is 19.4. The molecule has 1 saturated heterocycles. The maximum absolute atomic E-state index is 13.4. The Hall–Kier alpha value is -3.41. The Bertz CT molecular complexity index is 1270. The van der Waals surface area contributed by atoms with Gasteiger partial charge < -0.3 is 14.8 Å². The Morgan fingerprint density at radius 3 is 2.23 bits per heavy atom. The molecule has 2 aromatic carbocycles. The van der Waals surface area contributed by atoms with Crippen LogP contribution in [0.25, 0.3) is 5.69 Å². The van der Waals surface area contributed by atoms with Crippen LogP contribution in [0.3, 0.4) is 0 Å². The molecule has 2 heterocycles. The van der Waals surface area contributed by atoms with E-state index in [1.165, 1.54) is 12.0 Å². The van der Waals surface area contributed by atoms with Crippen LogP contribution in [0.5, 0.6) is 0 Å². The van der Waals surface area contributed by atoms with E-state index in [1.807, 2.05) is 41.3 Å². The normalized spacial score (nSPS) is 19.3. The Morgan fingerprint density at radius 2 is 1.55 bits per heavy atom. The summed E-state index contributed by atoms with van der Waals surface area (Å²) in [7, 11) is 0. The van der Waals surface area contributed by atoms with Crippen molar-refractivity contribution in [1.82, 2.24) is 14.8 Å². The van der Waals surface area contributed by atoms with Crippen LogP contribution in [0.4, 0.5) is 4.39 Å². The molecule has 1 aromatic heterocycles. The van der Waals surface area contributed by atoms with Crippen LogP contribution in [0, 0.1) is 25.6 Å². The lowest BCUT2D eigenvalue weighted by Crippen LogP contribution is -2.50. The number of aryl methyl sites for hydroxylation is 2. The second kappa shape index (κ2) is 12.8. The van der Waals surface area contributed by atoms with Gasteiger partial charge in [0.15, 0.2) is 0 Å². The highest BCUT2D eigenvalue weighted by molar-refractivity contribution is 5.97. The summed E-state index contributed by atoms with van der Waals surface area (Å²) < 4.78 is 15.4. The summed E-state index contributed by atoms with van der Waals surface area (Å²) in [5.41, 5.74) is 5.13. The minimum atomic E-state index is -0.493. The number of benzene rings is 2. The number of likely N-dealkylation sites (tertiary alicyclic amines) is 1. The predicted octanol–water partition coefficient (Wildman–Crippen LogP) is 7.10. The lowest BCUT2D eigenvalue weighted by molar-refractivity contribution is -0.134. The number of halogens is 1. The molecule has 1 aliphatic heterocycles. The zero-order valence-electron chi connectivity index (χ0n) is 23.9. The van der Waals surface area contributed by atoms with Gasteiger partial charge in [0.05, 0.1) is 0 Å². The number of aromatic nitrogens is 1. The second-order valence-electron chi connectivity index (χ2n) is 11.7. The van der Waals surface area contributed by atoms with Gasteiger partial charge in [-0.15, -0.1) is 0 Å². The van der Waals surface area contributed by atoms with E-state index in [2.05, 4.69) is 35.9 Å². The third kappa shape index (κ3) is 6.83. The van der Waals surface area contributed by atoms with Gasteiger partial charge in [-0.1, -0.05) is 31.4 Å². The number of nitrogens with zero attached hydrogens (tertiary/aromatic N) is 2. The van der Waals surface area contributed by atoms with Crippen LogP contribution in [0.1, 0.15) is 91.0 Å². The van der Waals surface area contributed by atoms with Crippen molar-refractivity contribution in [3.8, 4) is 5.69 Å². The molecule has 3 atom stereocenters. The summed E-state index contributed by atoms with van der Waals surface area (Å²) >= 11 is 0. The molecular weight excluding hydrogens is 501 g/mol. The molecule has 6 heteroatoms. The van der Waals surface area contributed by atoms with E-state index < -0.39 is 6.04 Å². The number of rotatable bonds is 11. The second-order valence-corrected chi connectivity index (χ2v) is 11.7. The minimum absolute atomic E-state index is 0.0572. The fourth-order valence-corrected chi connectivity index (χ4v) is 6.29. The third-order valence-corrected chi connectivity index (χ3v) is 8.72. The average molecular weight is 544 g/mol. The standard InChI is InChI=1S/C34H42FN3O2/c1-24-11-12-25(2)38(24)30-19-15-27(16-20-30)33(39)36-32(34(40)37-21-7-4-8-22-37)10-6-3-5-9-28-23-31(28)26-13-17-29(35)18-14-26/h11-20,28,31-32H,3-10,21-23H2,1-2H3,(H,36,39)/t28-,31+,32+/m1/s1. The van der Waals surface area contributed by atoms with Gasteiger partial charge in [-0.2, -0.15) is 0 Å². The van der Waals surface area contributed by atoms with Crippen LogP contribution < -0.4 is 5.32 Å². The Labute approximate surface area is 237 Å². The molecule has 1 saturated carbocycles. The predicted molar refractivity (Wildman–Crippen MR) is 157 cm³/mol. The van der Waals surface area contributed by atoms with E-state index in [-0.39, 0.29) is 17.6 Å². The van der Waals surface area contributed by atoms with E-state index in [4.69, 9.17) is 0 Å². The number of unbranched alkanes of at least 4 members (excludes halogenated alkanes) is 2. The molecule has 1 aliphatic carbocycles. The number of carbonyl (C=O) groups is 2. The number of carbonyl (C=O) groups excluding carboxylic acids is 2. The average Bonchev–Trinajstić information content (AvgIpc) is 3.67. The van der Waals surface area contributed by atoms with Crippen LogP contribution in [-0.2, 0) is 4.79 Å². The molecular formula is C34H42FN3O2. The molecule has 2 fully saturated rings. The van der Waals surface area contributed by atoms with Gasteiger partial charge in [0.2, 0.25) is 5.91 Å². The Kier molecular flexibility index (Phi) is 9.03. The van der Waals surface area contributed by atoms with Crippen molar-refractivity contribution in [1.29, 1.82) is 0 Å². The number of piperidine rings is 1. The monoisotopic (exact) mass is 543 g/mol. The molecule has 0 spiro atoms. The molecule has 212 valence electrons. The first-order valence-corrected chi connectivity index (χ1v) is 15.0. The van der Waals surface area contributed by atoms with E-state index in [0.29, 0.717) is 23.8 Å². The van der Waals surface area contributed by atoms with Crippen LogP contribution >= 0.6 is 0 Å². The van der Waals surface area contributed by atoms with E-state index in [9.17, 15) is 14.0 Å². The zero-order valence-corrected chi connectivity index (χ0v) is 23.9. The summed E-state index contributed by atoms with van der Waals surface area (Å²) in [6, 6.07) is 18.2. The summed E-state index contributed by atoms with van der Waals surface area (Å²) in [5, 5.41) is 3.08. The third-order valence-electron chi connectivity index (χ3n) is 8.72. The molecule has 5 rings (SSSR count). The number of nitrogens with one attached hydrogen (secondary N) is 1. The molecule has 2 aliphatic rings. The summed E-state index contributed by atoms with van der Waals surface area (Å²) in [6.45, 7) is 5.70. The zero-order chi connectivity index (χ0) is 28.1. The van der Waals surface area contributed by atoms with E-state index in [1.54, 1.807) is 12.1 Å². The molecule has 3 aromatic rings. The summed E-state index contributed by atoms with van der Waals surface area (Å²) in [5.74, 6) is 0.925. The molecule has 0 unspecified atom stereocenters. The molecule has 40 heavy (non-hydrogen) atoms. The Balaban J connectivity index is 1.14. The first kappa shape index (κ1) is 28.1. The molecule has 5 nitrogen and oxygen atoms in total. The number of hydrogen-bond donors (Lipinski definition) is 1. The molecule has 1 N–H and O–H groups in total. The van der Waals surface area contributed by atoms with Crippen LogP contribution in [0.2, 0.25) is 0 Å². The number of hydrogen-bond acceptors (Lipinski definition) is 2. The van der Waals surface area contributed by atoms with Gasteiger partial charge in [-0.05, 0) is 118 Å². The topological polar surface area (TPSA) is 54.3 Å². The van der Waals surface area contributed by atoms with Gasteiger partial charge in [-0.3, -0.25) is 9.59 Å². The van der Waals surface area contributed by atoms with Crippen molar-refractivity contribution >= 4 is 11.8 Å². The maximum atomic E-state index is 13.4. The number of amides is 2. The fraction of sp³-hybridized carbons (Fsp3) is 0.471. The highest BCUT2D eigenvalue weighted by Crippen LogP contribution is 2.50. The first-order valence-electron chi connectivity index (χ1n) is 15.0. The van der Waals surface area contributed by atoms with Gasteiger partial charge >= 0.3 is 0 Å². The van der Waals surface area contributed by atoms with Gasteiger partial charge in [0, 0.05) is 35.7 Å². The van der Waals surface area contributed by atoms with E-state index >= 15 is 0 Å². The van der Waals surface area contributed by atoms with Crippen molar-refractivity contribution in [2.75, 3.05) is 13.1 Å². The maximum Gasteiger partial charge on any atom is 0.251 e. The fourth-order valence-electron chi connectivity index (χ4n) is 6.29. The van der Waals surface area contributed by atoms with Gasteiger partial charge in [0.1, 0.15) is 11.9 Å². The minimum Gasteiger partial charge on any atom is -0.341 e. The Morgan fingerprint density at radius 1 is 0.875 bits per heavy atom. The van der Waals surface area contributed by atoms with Gasteiger partial charge in [-0.25, -0.2) is 4.39 Å². The molecule has 2 amide bonds. The molecule has 0 bridgehead atoms. The van der Waals surface area contributed by atoms with Crippen LogP contribution in [0.15, 0.2) is 60.7 Å². The highest BCUT2D eigenvalue weighted by Gasteiger charge is 2.37. The molecule has 0 radical (unpaired) electrons. The van der Waals surface area contributed by atoms with Crippen LogP contribution in [-0.4, -0.2) is 40.4 Å². The lowest BCUT2D eigenvalue weighted by atomic mass is 10.0.